The Hall–Kier alpha value is -3.13. The molecule has 134 valence electrons. The fourth-order valence-corrected chi connectivity index (χ4v) is 4.02. The highest BCUT2D eigenvalue weighted by Crippen LogP contribution is 2.44. The van der Waals surface area contributed by atoms with Crippen molar-refractivity contribution < 1.29 is 13.5 Å². The van der Waals surface area contributed by atoms with Crippen LogP contribution in [0.1, 0.15) is 16.7 Å². The zero-order valence-corrected chi connectivity index (χ0v) is 14.5. The normalized spacial score (nSPS) is 14.9. The Bertz CT molecular complexity index is 1170. The molecule has 0 unspecified atom stereocenters. The molecule has 5 nitrogen and oxygen atoms in total. The second-order valence-corrected chi connectivity index (χ2v) is 7.07. The fourth-order valence-electron chi connectivity index (χ4n) is 3.42. The molecular weight excluding hydrogens is 372 g/mol. The lowest BCUT2D eigenvalue weighted by atomic mass is 9.83. The molecule has 0 aliphatic carbocycles. The molecule has 1 aliphatic rings. The molecule has 27 heavy (non-hydrogen) atoms. The molecule has 5 rings (SSSR count). The maximum atomic E-state index is 13.5. The molecular formula is C19H11F2N3O2S. The second-order valence-electron chi connectivity index (χ2n) is 6.25. The molecule has 0 fully saturated rings. The van der Waals surface area contributed by atoms with Gasteiger partial charge in [0.15, 0.2) is 5.60 Å². The highest BCUT2D eigenvalue weighted by atomic mass is 32.1. The number of fused-ring (bicyclic) bond motifs is 2. The van der Waals surface area contributed by atoms with Gasteiger partial charge in [-0.05, 0) is 24.3 Å². The summed E-state index contributed by atoms with van der Waals surface area (Å²) in [6.45, 7) is 0. The van der Waals surface area contributed by atoms with Crippen LogP contribution >= 0.6 is 11.3 Å². The van der Waals surface area contributed by atoms with Crippen LogP contribution in [0, 0.1) is 11.6 Å². The lowest BCUT2D eigenvalue weighted by Gasteiger charge is -2.29. The van der Waals surface area contributed by atoms with Gasteiger partial charge in [-0.1, -0.05) is 35.6 Å². The van der Waals surface area contributed by atoms with Crippen molar-refractivity contribution in [2.45, 2.75) is 12.0 Å². The minimum Gasteiger partial charge on any atom is -0.460 e. The first-order valence-electron chi connectivity index (χ1n) is 8.13. The summed E-state index contributed by atoms with van der Waals surface area (Å²) in [7, 11) is 0. The zero-order chi connectivity index (χ0) is 18.6. The summed E-state index contributed by atoms with van der Waals surface area (Å²) in [4.78, 5) is 17.6. The largest absolute Gasteiger partial charge is 0.460 e. The molecule has 0 spiro atoms. The molecule has 0 atom stereocenters. The van der Waals surface area contributed by atoms with Gasteiger partial charge in [-0.15, -0.1) is 0 Å². The number of benzene rings is 2. The average molecular weight is 383 g/mol. The summed E-state index contributed by atoms with van der Waals surface area (Å²) in [6.07, 6.45) is 0.186. The highest BCUT2D eigenvalue weighted by Gasteiger charge is 2.45. The van der Waals surface area contributed by atoms with E-state index in [0.29, 0.717) is 21.7 Å². The van der Waals surface area contributed by atoms with E-state index in [4.69, 9.17) is 4.74 Å². The maximum Gasteiger partial charge on any atom is 0.282 e. The van der Waals surface area contributed by atoms with Crippen LogP contribution in [-0.2, 0) is 12.0 Å². The van der Waals surface area contributed by atoms with E-state index in [2.05, 4.69) is 10.1 Å². The van der Waals surface area contributed by atoms with Gasteiger partial charge in [-0.25, -0.2) is 8.78 Å². The Morgan fingerprint density at radius 1 is 1.00 bits per heavy atom. The topological polar surface area (TPSA) is 56.5 Å². The third kappa shape index (κ3) is 2.37. The number of nitrogens with zero attached hydrogens (tertiary/aromatic N) is 3. The molecule has 0 bridgehead atoms. The summed E-state index contributed by atoms with van der Waals surface area (Å²) in [6, 6.07) is 11.7. The Labute approximate surface area is 155 Å². The van der Waals surface area contributed by atoms with Crippen molar-refractivity contribution in [3.63, 3.8) is 0 Å². The van der Waals surface area contributed by atoms with Crippen LogP contribution in [-0.4, -0.2) is 14.6 Å². The van der Waals surface area contributed by atoms with Gasteiger partial charge in [0.1, 0.15) is 17.1 Å². The smallest absolute Gasteiger partial charge is 0.282 e. The van der Waals surface area contributed by atoms with E-state index in [1.807, 2.05) is 0 Å². The molecule has 0 radical (unpaired) electrons. The van der Waals surface area contributed by atoms with Crippen LogP contribution in [0.3, 0.4) is 0 Å². The van der Waals surface area contributed by atoms with Gasteiger partial charge in [0.2, 0.25) is 10.8 Å². The van der Waals surface area contributed by atoms with E-state index < -0.39 is 5.60 Å². The van der Waals surface area contributed by atoms with Crippen molar-refractivity contribution in [2.75, 3.05) is 0 Å². The number of hydrogen-bond acceptors (Lipinski definition) is 5. The van der Waals surface area contributed by atoms with Gasteiger partial charge in [0, 0.05) is 17.5 Å². The van der Waals surface area contributed by atoms with Gasteiger partial charge < -0.3 is 4.74 Å². The van der Waals surface area contributed by atoms with Crippen LogP contribution in [0.4, 0.5) is 8.78 Å². The van der Waals surface area contributed by atoms with Crippen LogP contribution in [0.5, 0.6) is 5.88 Å². The van der Waals surface area contributed by atoms with Crippen molar-refractivity contribution in [1.82, 2.24) is 14.6 Å². The van der Waals surface area contributed by atoms with Gasteiger partial charge in [-0.2, -0.15) is 14.6 Å². The van der Waals surface area contributed by atoms with Crippen molar-refractivity contribution in [2.24, 2.45) is 0 Å². The standard InChI is InChI=1S/C19H11F2N3O2S/c20-13-5-1-11(2-6-13)19(12-3-7-14(21)8-4-12)9-15-16(26-19)23-18-24(17(15)25)22-10-27-18/h1-8,10H,9H2. The minimum absolute atomic E-state index is 0.186. The number of rotatable bonds is 2. The number of ether oxygens (including phenoxy) is 1. The van der Waals surface area contributed by atoms with Crippen molar-refractivity contribution in [1.29, 1.82) is 0 Å². The number of aromatic nitrogens is 3. The quantitative estimate of drug-likeness (QED) is 0.533. The van der Waals surface area contributed by atoms with E-state index in [1.165, 1.54) is 45.6 Å². The van der Waals surface area contributed by atoms with E-state index in [1.54, 1.807) is 24.3 Å². The van der Waals surface area contributed by atoms with Gasteiger partial charge >= 0.3 is 0 Å². The summed E-state index contributed by atoms with van der Waals surface area (Å²) in [5.41, 5.74) is 1.81. The number of hydrogen-bond donors (Lipinski definition) is 0. The first-order valence-corrected chi connectivity index (χ1v) is 9.01. The molecule has 8 heteroatoms. The lowest BCUT2D eigenvalue weighted by molar-refractivity contribution is 0.134. The van der Waals surface area contributed by atoms with E-state index in [0.717, 1.165) is 0 Å². The molecule has 2 aromatic heterocycles. The molecule has 2 aromatic carbocycles. The van der Waals surface area contributed by atoms with Crippen molar-refractivity contribution >= 4 is 16.3 Å². The SMILES string of the molecule is O=c1c2c(nc3scnn13)OC(c1ccc(F)cc1)(c1ccc(F)cc1)C2. The van der Waals surface area contributed by atoms with E-state index in [-0.39, 0.29) is 29.5 Å². The first kappa shape index (κ1) is 16.1. The Morgan fingerprint density at radius 3 is 2.19 bits per heavy atom. The minimum atomic E-state index is -1.10. The van der Waals surface area contributed by atoms with Crippen LogP contribution in [0.2, 0.25) is 0 Å². The third-order valence-electron chi connectivity index (χ3n) is 4.73. The summed E-state index contributed by atoms with van der Waals surface area (Å²) in [5, 5.41) is 4.02. The first-order chi connectivity index (χ1) is 13.1. The summed E-state index contributed by atoms with van der Waals surface area (Å²) >= 11 is 1.22. The Morgan fingerprint density at radius 2 is 1.59 bits per heavy atom. The highest BCUT2D eigenvalue weighted by molar-refractivity contribution is 7.14. The van der Waals surface area contributed by atoms with Crippen LogP contribution < -0.4 is 10.3 Å². The van der Waals surface area contributed by atoms with Gasteiger partial charge in [0.25, 0.3) is 5.56 Å². The number of halogens is 2. The Kier molecular flexibility index (Phi) is 3.38. The molecule has 0 amide bonds. The Balaban J connectivity index is 1.74. The van der Waals surface area contributed by atoms with Crippen molar-refractivity contribution in [3.05, 3.63) is 92.7 Å². The average Bonchev–Trinajstić information content (AvgIpc) is 3.29. The summed E-state index contributed by atoms with van der Waals surface area (Å²) < 4.78 is 34.4. The van der Waals surface area contributed by atoms with E-state index >= 15 is 0 Å². The molecule has 0 N–H and O–H groups in total. The molecule has 1 aliphatic heterocycles. The molecule has 4 aromatic rings. The van der Waals surface area contributed by atoms with Gasteiger partial charge in [-0.3, -0.25) is 4.79 Å². The van der Waals surface area contributed by atoms with Crippen LogP contribution in [0.25, 0.3) is 4.96 Å². The predicted octanol–water partition coefficient (Wildman–Crippen LogP) is 3.31. The predicted molar refractivity (Wildman–Crippen MR) is 95.0 cm³/mol. The lowest BCUT2D eigenvalue weighted by Crippen LogP contribution is -2.33. The fraction of sp³-hybridized carbons (Fsp3) is 0.105. The molecule has 3 heterocycles. The van der Waals surface area contributed by atoms with Gasteiger partial charge in [0.05, 0.1) is 5.56 Å². The maximum absolute atomic E-state index is 13.5. The third-order valence-corrected chi connectivity index (χ3v) is 5.40. The van der Waals surface area contributed by atoms with Crippen LogP contribution in [0.15, 0.2) is 58.8 Å². The second kappa shape index (κ2) is 5.68. The molecule has 0 saturated heterocycles. The summed E-state index contributed by atoms with van der Waals surface area (Å²) in [5.74, 6) is -0.546. The molecule has 0 saturated carbocycles. The monoisotopic (exact) mass is 383 g/mol. The zero-order valence-electron chi connectivity index (χ0n) is 13.7. The van der Waals surface area contributed by atoms with E-state index in [9.17, 15) is 13.6 Å². The van der Waals surface area contributed by atoms with Crippen molar-refractivity contribution in [3.8, 4) is 5.88 Å².